The smallest absolute Gasteiger partial charge is 0.354 e. The van der Waals surface area contributed by atoms with Crippen LogP contribution in [0, 0.1) is 5.92 Å². The van der Waals surface area contributed by atoms with Gasteiger partial charge in [0.25, 0.3) is 0 Å². The van der Waals surface area contributed by atoms with Gasteiger partial charge in [-0.25, -0.2) is 14.8 Å². The molecule has 1 heterocycles. The van der Waals surface area contributed by atoms with E-state index in [2.05, 4.69) is 15.3 Å². The number of carbonyl (C=O) groups is 2. The summed E-state index contributed by atoms with van der Waals surface area (Å²) in [7, 11) is 0. The predicted molar refractivity (Wildman–Crippen MR) is 58.2 cm³/mol. The number of hydrogen-bond donors (Lipinski definition) is 2. The van der Waals surface area contributed by atoms with Gasteiger partial charge in [0.2, 0.25) is 5.91 Å². The Bertz CT molecular complexity index is 443. The van der Waals surface area contributed by atoms with E-state index in [1.165, 1.54) is 12.3 Å². The van der Waals surface area contributed by atoms with E-state index in [-0.39, 0.29) is 24.1 Å². The van der Waals surface area contributed by atoms with Crippen LogP contribution in [0.25, 0.3) is 0 Å². The lowest BCUT2D eigenvalue weighted by atomic mass is 9.85. The highest BCUT2D eigenvalue weighted by Gasteiger charge is 2.24. The monoisotopic (exact) mass is 235 g/mol. The number of nitrogens with one attached hydrogen (secondary N) is 1. The van der Waals surface area contributed by atoms with Crippen molar-refractivity contribution in [1.29, 1.82) is 0 Å². The van der Waals surface area contributed by atoms with Crippen molar-refractivity contribution in [3.63, 3.8) is 0 Å². The topological polar surface area (TPSA) is 92.2 Å². The summed E-state index contributed by atoms with van der Waals surface area (Å²) in [4.78, 5) is 29.9. The predicted octanol–water partition coefficient (Wildman–Crippen LogP) is 0.591. The molecule has 90 valence electrons. The van der Waals surface area contributed by atoms with Gasteiger partial charge in [-0.05, 0) is 18.9 Å². The molecule has 1 aromatic heterocycles. The molecule has 1 aliphatic rings. The number of hydrogen-bond acceptors (Lipinski definition) is 4. The van der Waals surface area contributed by atoms with Gasteiger partial charge in [0.05, 0.1) is 6.54 Å². The molecule has 0 atom stereocenters. The maximum Gasteiger partial charge on any atom is 0.354 e. The molecule has 1 amide bonds. The van der Waals surface area contributed by atoms with Crippen molar-refractivity contribution in [3.8, 4) is 0 Å². The highest BCUT2D eigenvalue weighted by Crippen LogP contribution is 2.26. The van der Waals surface area contributed by atoms with E-state index in [0.29, 0.717) is 5.82 Å². The zero-order chi connectivity index (χ0) is 12.3. The van der Waals surface area contributed by atoms with Gasteiger partial charge in [-0.1, -0.05) is 6.42 Å². The first-order valence-electron chi connectivity index (χ1n) is 5.50. The minimum absolute atomic E-state index is 0.000535. The normalized spacial score (nSPS) is 15.1. The second-order valence-electron chi connectivity index (χ2n) is 4.01. The van der Waals surface area contributed by atoms with Gasteiger partial charge in [-0.15, -0.1) is 0 Å². The molecule has 1 aromatic rings. The Morgan fingerprint density at radius 1 is 1.47 bits per heavy atom. The van der Waals surface area contributed by atoms with Crippen LogP contribution in [0.3, 0.4) is 0 Å². The number of carbonyl (C=O) groups excluding carboxylic acids is 1. The lowest BCUT2D eigenvalue weighted by Crippen LogP contribution is -2.34. The average Bonchev–Trinajstić information content (AvgIpc) is 2.24. The molecule has 0 bridgehead atoms. The number of aromatic nitrogens is 2. The Labute approximate surface area is 98.1 Å². The van der Waals surface area contributed by atoms with Crippen molar-refractivity contribution in [2.24, 2.45) is 5.92 Å². The Kier molecular flexibility index (Phi) is 3.32. The van der Waals surface area contributed by atoms with Crippen LogP contribution in [-0.2, 0) is 11.3 Å². The van der Waals surface area contributed by atoms with Crippen LogP contribution in [0.1, 0.15) is 35.6 Å². The third-order valence-corrected chi connectivity index (χ3v) is 2.82. The van der Waals surface area contributed by atoms with Crippen LogP contribution in [0.15, 0.2) is 12.3 Å². The molecule has 2 rings (SSSR count). The van der Waals surface area contributed by atoms with Crippen molar-refractivity contribution in [3.05, 3.63) is 23.8 Å². The summed E-state index contributed by atoms with van der Waals surface area (Å²) in [5.74, 6) is -0.672. The van der Waals surface area contributed by atoms with Gasteiger partial charge in [-0.2, -0.15) is 0 Å². The number of nitrogens with zero attached hydrogens (tertiary/aromatic N) is 2. The summed E-state index contributed by atoms with van der Waals surface area (Å²) in [6.07, 6.45) is 4.34. The zero-order valence-corrected chi connectivity index (χ0v) is 9.22. The van der Waals surface area contributed by atoms with Crippen molar-refractivity contribution in [2.45, 2.75) is 25.8 Å². The van der Waals surface area contributed by atoms with Crippen LogP contribution in [0.5, 0.6) is 0 Å². The fourth-order valence-electron chi connectivity index (χ4n) is 1.58. The third-order valence-electron chi connectivity index (χ3n) is 2.82. The molecule has 6 heteroatoms. The minimum Gasteiger partial charge on any atom is -0.477 e. The van der Waals surface area contributed by atoms with Gasteiger partial charge >= 0.3 is 5.97 Å². The second-order valence-corrected chi connectivity index (χ2v) is 4.01. The molecule has 1 aliphatic carbocycles. The van der Waals surface area contributed by atoms with E-state index in [4.69, 9.17) is 5.11 Å². The first kappa shape index (κ1) is 11.5. The molecule has 0 unspecified atom stereocenters. The van der Waals surface area contributed by atoms with Gasteiger partial charge in [0, 0.05) is 12.1 Å². The Morgan fingerprint density at radius 3 is 2.82 bits per heavy atom. The van der Waals surface area contributed by atoms with Crippen molar-refractivity contribution < 1.29 is 14.7 Å². The first-order chi connectivity index (χ1) is 8.16. The lowest BCUT2D eigenvalue weighted by Gasteiger charge is -2.23. The molecular formula is C11H13N3O3. The first-order valence-corrected chi connectivity index (χ1v) is 5.50. The van der Waals surface area contributed by atoms with E-state index in [0.717, 1.165) is 19.3 Å². The van der Waals surface area contributed by atoms with E-state index >= 15 is 0 Å². The molecule has 17 heavy (non-hydrogen) atoms. The number of rotatable bonds is 4. The summed E-state index contributed by atoms with van der Waals surface area (Å²) < 4.78 is 0. The molecule has 2 N–H and O–H groups in total. The van der Waals surface area contributed by atoms with E-state index in [9.17, 15) is 9.59 Å². The molecule has 0 radical (unpaired) electrons. The number of amides is 1. The van der Waals surface area contributed by atoms with Gasteiger partial charge in [0.15, 0.2) is 5.69 Å². The fraction of sp³-hybridized carbons (Fsp3) is 0.455. The second kappa shape index (κ2) is 4.90. The highest BCUT2D eigenvalue weighted by molar-refractivity contribution is 5.85. The largest absolute Gasteiger partial charge is 0.477 e. The minimum atomic E-state index is -1.10. The van der Waals surface area contributed by atoms with Crippen molar-refractivity contribution in [2.75, 3.05) is 0 Å². The van der Waals surface area contributed by atoms with Crippen LogP contribution < -0.4 is 5.32 Å². The maximum atomic E-state index is 11.5. The lowest BCUT2D eigenvalue weighted by molar-refractivity contribution is -0.127. The number of carboxylic acids is 1. The summed E-state index contributed by atoms with van der Waals surface area (Å²) in [6, 6.07) is 1.32. The third kappa shape index (κ3) is 2.77. The molecule has 1 fully saturated rings. The van der Waals surface area contributed by atoms with Crippen LogP contribution in [0.2, 0.25) is 0 Å². The van der Waals surface area contributed by atoms with E-state index < -0.39 is 5.97 Å². The summed E-state index contributed by atoms with van der Waals surface area (Å²) in [5, 5.41) is 11.5. The van der Waals surface area contributed by atoms with Gasteiger partial charge < -0.3 is 10.4 Å². The van der Waals surface area contributed by atoms with Crippen molar-refractivity contribution in [1.82, 2.24) is 15.3 Å². The van der Waals surface area contributed by atoms with Crippen LogP contribution in [-0.4, -0.2) is 27.0 Å². The van der Waals surface area contributed by atoms with Crippen LogP contribution >= 0.6 is 0 Å². The Morgan fingerprint density at radius 2 is 2.24 bits per heavy atom. The van der Waals surface area contributed by atoms with Crippen LogP contribution in [0.4, 0.5) is 0 Å². The highest BCUT2D eigenvalue weighted by atomic mass is 16.4. The van der Waals surface area contributed by atoms with E-state index in [1.807, 2.05) is 0 Å². The van der Waals surface area contributed by atoms with E-state index in [1.54, 1.807) is 0 Å². The van der Waals surface area contributed by atoms with Crippen molar-refractivity contribution >= 4 is 11.9 Å². The molecule has 1 saturated carbocycles. The molecule has 0 spiro atoms. The quantitative estimate of drug-likeness (QED) is 0.796. The summed E-state index contributed by atoms with van der Waals surface area (Å²) in [5.41, 5.74) is -0.0621. The molecular weight excluding hydrogens is 222 g/mol. The Balaban J connectivity index is 1.91. The molecule has 0 aliphatic heterocycles. The SMILES string of the molecule is O=C(O)c1ccnc(CNC(=O)C2CCC2)n1. The Hall–Kier alpha value is -1.98. The molecule has 6 nitrogen and oxygen atoms in total. The number of carboxylic acid groups (broad SMARTS) is 1. The van der Waals surface area contributed by atoms with Gasteiger partial charge in [0.1, 0.15) is 5.82 Å². The molecule has 0 saturated heterocycles. The molecule has 0 aromatic carbocycles. The standard InChI is InChI=1S/C11H13N3O3/c15-10(7-2-1-3-7)13-6-9-12-5-4-8(14-9)11(16)17/h4-5,7H,1-3,6H2,(H,13,15)(H,16,17). The zero-order valence-electron chi connectivity index (χ0n) is 9.22. The number of aromatic carboxylic acids is 1. The average molecular weight is 235 g/mol. The van der Waals surface area contributed by atoms with Gasteiger partial charge in [-0.3, -0.25) is 4.79 Å². The summed E-state index contributed by atoms with van der Waals surface area (Å²) >= 11 is 0. The fourth-order valence-corrected chi connectivity index (χ4v) is 1.58. The summed E-state index contributed by atoms with van der Waals surface area (Å²) in [6.45, 7) is 0.177. The maximum absolute atomic E-state index is 11.5.